The highest BCUT2D eigenvalue weighted by molar-refractivity contribution is 5.41. The average molecular weight is 275 g/mol. The van der Waals surface area contributed by atoms with E-state index in [0.717, 1.165) is 24.3 Å². The van der Waals surface area contributed by atoms with Gasteiger partial charge in [-0.3, -0.25) is 4.90 Å². The first-order valence-corrected chi connectivity index (χ1v) is 7.90. The van der Waals surface area contributed by atoms with Crippen molar-refractivity contribution in [2.24, 2.45) is 0 Å². The van der Waals surface area contributed by atoms with Crippen LogP contribution in [0.3, 0.4) is 0 Å². The first-order valence-electron chi connectivity index (χ1n) is 7.90. The highest BCUT2D eigenvalue weighted by Gasteiger charge is 2.36. The molecule has 3 rings (SSSR count). The van der Waals surface area contributed by atoms with Gasteiger partial charge in [0.15, 0.2) is 0 Å². The normalized spacial score (nSPS) is 30.6. The summed E-state index contributed by atoms with van der Waals surface area (Å²) in [5.74, 6) is 0.857. The van der Waals surface area contributed by atoms with Crippen LogP contribution in [0.5, 0.6) is 5.75 Å². The average Bonchev–Trinajstić information content (AvgIpc) is 2.48. The second-order valence-electron chi connectivity index (χ2n) is 6.13. The van der Waals surface area contributed by atoms with Crippen LogP contribution in [0.25, 0.3) is 0 Å². The van der Waals surface area contributed by atoms with Crippen molar-refractivity contribution >= 4 is 0 Å². The van der Waals surface area contributed by atoms with Crippen LogP contribution in [-0.2, 0) is 6.42 Å². The highest BCUT2D eigenvalue weighted by atomic mass is 16.5. The predicted octanol–water partition coefficient (Wildman–Crippen LogP) is 2.92. The van der Waals surface area contributed by atoms with Crippen LogP contribution in [0.1, 0.15) is 50.3 Å². The SMILES string of the molecule is CCc1ccc2c(c1)C(O)C(N1CCCCC1C)CO2. The number of aryl methyl sites for hydroxylation is 1. The zero-order valence-electron chi connectivity index (χ0n) is 12.5. The molecule has 2 aliphatic rings. The zero-order chi connectivity index (χ0) is 14.1. The smallest absolute Gasteiger partial charge is 0.125 e. The Balaban J connectivity index is 1.85. The molecule has 0 saturated carbocycles. The maximum absolute atomic E-state index is 10.8. The third-order valence-corrected chi connectivity index (χ3v) is 4.86. The molecule has 1 fully saturated rings. The molecule has 1 aromatic carbocycles. The minimum absolute atomic E-state index is 0.102. The van der Waals surface area contributed by atoms with Crippen LogP contribution in [0.4, 0.5) is 0 Å². The minimum Gasteiger partial charge on any atom is -0.491 e. The van der Waals surface area contributed by atoms with Crippen molar-refractivity contribution < 1.29 is 9.84 Å². The molecule has 3 nitrogen and oxygen atoms in total. The lowest BCUT2D eigenvalue weighted by atomic mass is 9.92. The van der Waals surface area contributed by atoms with E-state index in [-0.39, 0.29) is 6.04 Å². The first-order chi connectivity index (χ1) is 9.70. The van der Waals surface area contributed by atoms with Crippen LogP contribution in [0.2, 0.25) is 0 Å². The molecule has 0 spiro atoms. The molecule has 110 valence electrons. The monoisotopic (exact) mass is 275 g/mol. The van der Waals surface area contributed by atoms with Crippen molar-refractivity contribution in [3.05, 3.63) is 29.3 Å². The Kier molecular flexibility index (Phi) is 3.99. The third-order valence-electron chi connectivity index (χ3n) is 4.86. The maximum atomic E-state index is 10.8. The number of rotatable bonds is 2. The van der Waals surface area contributed by atoms with Crippen molar-refractivity contribution in [3.8, 4) is 5.75 Å². The van der Waals surface area contributed by atoms with Gasteiger partial charge in [0.05, 0.1) is 6.04 Å². The summed E-state index contributed by atoms with van der Waals surface area (Å²) < 4.78 is 5.91. The van der Waals surface area contributed by atoms with Crippen molar-refractivity contribution in [1.29, 1.82) is 0 Å². The number of piperidine rings is 1. The number of hydrogen-bond donors (Lipinski definition) is 1. The highest BCUT2D eigenvalue weighted by Crippen LogP contribution is 2.36. The molecule has 0 bridgehead atoms. The lowest BCUT2D eigenvalue weighted by molar-refractivity contribution is -0.0246. The molecule has 0 aliphatic carbocycles. The van der Waals surface area contributed by atoms with E-state index in [2.05, 4.69) is 30.9 Å². The van der Waals surface area contributed by atoms with Gasteiger partial charge in [0.1, 0.15) is 18.5 Å². The van der Waals surface area contributed by atoms with Gasteiger partial charge in [0, 0.05) is 11.6 Å². The number of aliphatic hydroxyl groups excluding tert-OH is 1. The summed E-state index contributed by atoms with van der Waals surface area (Å²) >= 11 is 0. The van der Waals surface area contributed by atoms with Crippen molar-refractivity contribution in [2.75, 3.05) is 13.2 Å². The standard InChI is InChI=1S/C17H25NO2/c1-3-13-7-8-16-14(10-13)17(19)15(11-20-16)18-9-5-4-6-12(18)2/h7-8,10,12,15,17,19H,3-6,9,11H2,1-2H3. The fourth-order valence-corrected chi connectivity index (χ4v) is 3.54. The summed E-state index contributed by atoms with van der Waals surface area (Å²) in [5.41, 5.74) is 2.23. The van der Waals surface area contributed by atoms with E-state index in [9.17, 15) is 5.11 Å². The van der Waals surface area contributed by atoms with Gasteiger partial charge in [0.2, 0.25) is 0 Å². The summed E-state index contributed by atoms with van der Waals surface area (Å²) in [6, 6.07) is 6.86. The molecule has 0 amide bonds. The molecule has 2 heterocycles. The summed E-state index contributed by atoms with van der Waals surface area (Å²) in [5, 5.41) is 10.8. The number of hydrogen-bond acceptors (Lipinski definition) is 3. The van der Waals surface area contributed by atoms with Crippen molar-refractivity contribution in [3.63, 3.8) is 0 Å². The molecule has 0 radical (unpaired) electrons. The predicted molar refractivity (Wildman–Crippen MR) is 80.1 cm³/mol. The van der Waals surface area contributed by atoms with E-state index >= 15 is 0 Å². The second-order valence-corrected chi connectivity index (χ2v) is 6.13. The minimum atomic E-state index is -0.425. The van der Waals surface area contributed by atoms with Gasteiger partial charge in [0.25, 0.3) is 0 Å². The Labute approximate surface area is 121 Å². The number of likely N-dealkylation sites (tertiary alicyclic amines) is 1. The molecular formula is C17H25NO2. The Morgan fingerprint density at radius 3 is 2.95 bits per heavy atom. The van der Waals surface area contributed by atoms with E-state index in [1.165, 1.54) is 24.8 Å². The van der Waals surface area contributed by atoms with Gasteiger partial charge in [-0.15, -0.1) is 0 Å². The van der Waals surface area contributed by atoms with Gasteiger partial charge in [-0.05, 0) is 50.4 Å². The summed E-state index contributed by atoms with van der Waals surface area (Å²) in [4.78, 5) is 2.44. The van der Waals surface area contributed by atoms with E-state index in [0.29, 0.717) is 12.6 Å². The molecule has 0 aromatic heterocycles. The van der Waals surface area contributed by atoms with Crippen LogP contribution in [-0.4, -0.2) is 35.2 Å². The van der Waals surface area contributed by atoms with Crippen LogP contribution < -0.4 is 4.74 Å². The molecule has 1 aromatic rings. The molecule has 2 aliphatic heterocycles. The fraction of sp³-hybridized carbons (Fsp3) is 0.647. The number of ether oxygens (including phenoxy) is 1. The first kappa shape index (κ1) is 13.9. The summed E-state index contributed by atoms with van der Waals surface area (Å²) in [6.07, 6.45) is 4.33. The van der Waals surface area contributed by atoms with Crippen LogP contribution in [0.15, 0.2) is 18.2 Å². The molecule has 1 N–H and O–H groups in total. The number of benzene rings is 1. The van der Waals surface area contributed by atoms with E-state index < -0.39 is 6.10 Å². The van der Waals surface area contributed by atoms with Crippen molar-refractivity contribution in [2.45, 2.75) is 57.7 Å². The summed E-state index contributed by atoms with van der Waals surface area (Å²) in [7, 11) is 0. The Morgan fingerprint density at radius 2 is 2.20 bits per heavy atom. The van der Waals surface area contributed by atoms with Gasteiger partial charge in [-0.1, -0.05) is 19.4 Å². The summed E-state index contributed by atoms with van der Waals surface area (Å²) in [6.45, 7) is 6.09. The Morgan fingerprint density at radius 1 is 1.35 bits per heavy atom. The second kappa shape index (κ2) is 5.74. The van der Waals surface area contributed by atoms with Gasteiger partial charge in [-0.25, -0.2) is 0 Å². The lowest BCUT2D eigenvalue weighted by Gasteiger charge is -2.43. The Hall–Kier alpha value is -1.06. The van der Waals surface area contributed by atoms with Crippen LogP contribution in [0, 0.1) is 0 Å². The molecule has 1 saturated heterocycles. The maximum Gasteiger partial charge on any atom is 0.125 e. The zero-order valence-corrected chi connectivity index (χ0v) is 12.5. The molecule has 3 unspecified atom stereocenters. The third kappa shape index (κ3) is 2.45. The van der Waals surface area contributed by atoms with E-state index in [1.807, 2.05) is 6.07 Å². The molecular weight excluding hydrogens is 250 g/mol. The molecule has 20 heavy (non-hydrogen) atoms. The Bertz CT molecular complexity index is 474. The van der Waals surface area contributed by atoms with E-state index in [1.54, 1.807) is 0 Å². The number of nitrogens with zero attached hydrogens (tertiary/aromatic N) is 1. The van der Waals surface area contributed by atoms with Gasteiger partial charge < -0.3 is 9.84 Å². The van der Waals surface area contributed by atoms with Crippen molar-refractivity contribution in [1.82, 2.24) is 4.90 Å². The van der Waals surface area contributed by atoms with Gasteiger partial charge >= 0.3 is 0 Å². The number of aliphatic hydroxyl groups is 1. The fourth-order valence-electron chi connectivity index (χ4n) is 3.54. The molecule has 3 atom stereocenters. The topological polar surface area (TPSA) is 32.7 Å². The largest absolute Gasteiger partial charge is 0.491 e. The number of fused-ring (bicyclic) bond motifs is 1. The van der Waals surface area contributed by atoms with Crippen LogP contribution >= 0.6 is 0 Å². The van der Waals surface area contributed by atoms with E-state index in [4.69, 9.17) is 4.74 Å². The molecule has 3 heteroatoms. The quantitative estimate of drug-likeness (QED) is 0.901. The lowest BCUT2D eigenvalue weighted by Crippen LogP contribution is -2.51. The van der Waals surface area contributed by atoms with Gasteiger partial charge in [-0.2, -0.15) is 0 Å².